The molecular formula is C32H45FN6O9S. The summed E-state index contributed by atoms with van der Waals surface area (Å²) < 4.78 is 52.6. The Hall–Kier alpha value is -4.25. The highest BCUT2D eigenvalue weighted by Crippen LogP contribution is 2.30. The van der Waals surface area contributed by atoms with Crippen LogP contribution in [0.3, 0.4) is 0 Å². The SMILES string of the molecule is C=C[C@@](CC)(NC(=O)[C@@H]1C[C@@H](OC(=O)N2Cc3cccc(F)c3C2)CN1C(=O)[C@H](CNC)NC(=O)OC(C)(C)C)C(=O)NS(=O)(=O)C1CC1. The van der Waals surface area contributed by atoms with Crippen molar-refractivity contribution in [2.45, 2.75) is 101 Å². The highest BCUT2D eigenvalue weighted by atomic mass is 32.2. The Balaban J connectivity index is 1.57. The van der Waals surface area contributed by atoms with Gasteiger partial charge in [-0.1, -0.05) is 25.1 Å². The van der Waals surface area contributed by atoms with E-state index in [2.05, 4.69) is 22.5 Å². The molecule has 270 valence electrons. The monoisotopic (exact) mass is 708 g/mol. The number of likely N-dealkylation sites (tertiary alicyclic amines) is 1. The van der Waals surface area contributed by atoms with Crippen LogP contribution in [-0.4, -0.2) is 103 Å². The van der Waals surface area contributed by atoms with E-state index in [4.69, 9.17) is 9.47 Å². The zero-order chi connectivity index (χ0) is 36.3. The molecule has 49 heavy (non-hydrogen) atoms. The van der Waals surface area contributed by atoms with Crippen LogP contribution in [0.25, 0.3) is 0 Å². The average Bonchev–Trinajstić information content (AvgIpc) is 3.66. The van der Waals surface area contributed by atoms with Gasteiger partial charge in [0.05, 0.1) is 18.3 Å². The maximum Gasteiger partial charge on any atom is 0.410 e. The van der Waals surface area contributed by atoms with Crippen molar-refractivity contribution in [3.05, 3.63) is 47.8 Å². The number of fused-ring (bicyclic) bond motifs is 1. The number of carbonyl (C=O) groups is 5. The van der Waals surface area contributed by atoms with Crippen LogP contribution in [0.1, 0.15) is 64.5 Å². The Kier molecular flexibility index (Phi) is 11.3. The fourth-order valence-corrected chi connectivity index (χ4v) is 7.10. The third-order valence-electron chi connectivity index (χ3n) is 8.55. The van der Waals surface area contributed by atoms with Gasteiger partial charge in [-0.25, -0.2) is 22.4 Å². The van der Waals surface area contributed by atoms with Crippen LogP contribution in [0.2, 0.25) is 0 Å². The van der Waals surface area contributed by atoms with Gasteiger partial charge in [0.15, 0.2) is 0 Å². The van der Waals surface area contributed by atoms with Crippen molar-refractivity contribution >= 4 is 39.9 Å². The van der Waals surface area contributed by atoms with Gasteiger partial charge >= 0.3 is 12.2 Å². The Labute approximate surface area is 285 Å². The number of sulfonamides is 1. The normalized spacial score (nSPS) is 20.8. The molecule has 0 bridgehead atoms. The molecule has 1 aliphatic carbocycles. The highest BCUT2D eigenvalue weighted by Gasteiger charge is 2.48. The number of nitrogens with zero attached hydrogens (tertiary/aromatic N) is 2. The van der Waals surface area contributed by atoms with Crippen LogP contribution in [-0.2, 0) is 47.0 Å². The summed E-state index contributed by atoms with van der Waals surface area (Å²) in [5.74, 6) is -3.02. The maximum atomic E-state index is 14.3. The van der Waals surface area contributed by atoms with Gasteiger partial charge in [-0.05, 0) is 58.7 Å². The van der Waals surface area contributed by atoms with Crippen molar-refractivity contribution in [3.63, 3.8) is 0 Å². The first-order chi connectivity index (χ1) is 22.9. The number of likely N-dealkylation sites (N-methyl/N-ethyl adjacent to an activating group) is 1. The number of hydrogen-bond acceptors (Lipinski definition) is 10. The van der Waals surface area contributed by atoms with Gasteiger partial charge in [-0.3, -0.25) is 24.0 Å². The number of rotatable bonds is 12. The molecule has 1 saturated carbocycles. The first-order valence-corrected chi connectivity index (χ1v) is 17.7. The summed E-state index contributed by atoms with van der Waals surface area (Å²) in [5, 5.41) is 7.21. The smallest absolute Gasteiger partial charge is 0.410 e. The fourth-order valence-electron chi connectivity index (χ4n) is 5.74. The van der Waals surface area contributed by atoms with Crippen molar-refractivity contribution in [1.29, 1.82) is 0 Å². The zero-order valence-corrected chi connectivity index (χ0v) is 29.2. The molecule has 0 aromatic heterocycles. The van der Waals surface area contributed by atoms with Gasteiger partial charge in [0.2, 0.25) is 21.8 Å². The van der Waals surface area contributed by atoms with Gasteiger partial charge in [0.25, 0.3) is 5.91 Å². The number of nitrogens with one attached hydrogen (secondary N) is 4. The summed E-state index contributed by atoms with van der Waals surface area (Å²) in [6, 6.07) is 2.00. The number of alkyl carbamates (subject to hydrolysis) is 1. The van der Waals surface area contributed by atoms with Crippen LogP contribution in [0.5, 0.6) is 0 Å². The Morgan fingerprint density at radius 1 is 1.14 bits per heavy atom. The molecule has 1 aromatic carbocycles. The second-order valence-electron chi connectivity index (χ2n) is 13.4. The van der Waals surface area contributed by atoms with E-state index in [1.165, 1.54) is 11.0 Å². The number of ether oxygens (including phenoxy) is 2. The lowest BCUT2D eigenvalue weighted by Gasteiger charge is -2.33. The Bertz CT molecular complexity index is 1600. The zero-order valence-electron chi connectivity index (χ0n) is 28.3. The van der Waals surface area contributed by atoms with Gasteiger partial charge in [-0.2, -0.15) is 0 Å². The molecule has 1 saturated heterocycles. The Morgan fingerprint density at radius 3 is 2.41 bits per heavy atom. The molecule has 17 heteroatoms. The number of halogens is 1. The van der Waals surface area contributed by atoms with Crippen molar-refractivity contribution < 1.29 is 46.3 Å². The third kappa shape index (κ3) is 8.86. The summed E-state index contributed by atoms with van der Waals surface area (Å²) in [7, 11) is -2.42. The third-order valence-corrected chi connectivity index (χ3v) is 10.4. The summed E-state index contributed by atoms with van der Waals surface area (Å²) >= 11 is 0. The van der Waals surface area contributed by atoms with E-state index in [-0.39, 0.29) is 39.0 Å². The fraction of sp³-hybridized carbons (Fsp3) is 0.594. The molecule has 4 N–H and O–H groups in total. The number of hydrogen-bond donors (Lipinski definition) is 4. The minimum atomic E-state index is -3.97. The van der Waals surface area contributed by atoms with E-state index in [9.17, 15) is 36.8 Å². The van der Waals surface area contributed by atoms with E-state index in [0.717, 1.165) is 11.0 Å². The Morgan fingerprint density at radius 2 is 1.84 bits per heavy atom. The molecule has 2 aliphatic heterocycles. The summed E-state index contributed by atoms with van der Waals surface area (Å²) in [6.07, 6.45) is -1.02. The average molecular weight is 709 g/mol. The minimum Gasteiger partial charge on any atom is -0.444 e. The minimum absolute atomic E-state index is 0.0264. The lowest BCUT2D eigenvalue weighted by atomic mass is 9.94. The molecule has 3 aliphatic rings. The quantitative estimate of drug-likeness (QED) is 0.231. The van der Waals surface area contributed by atoms with Gasteiger partial charge < -0.3 is 30.3 Å². The molecule has 1 aromatic rings. The first kappa shape index (κ1) is 37.6. The lowest BCUT2D eigenvalue weighted by Crippen LogP contribution is -2.62. The molecule has 0 spiro atoms. The largest absolute Gasteiger partial charge is 0.444 e. The molecular weight excluding hydrogens is 663 g/mol. The topological polar surface area (TPSA) is 193 Å². The number of amides is 5. The lowest BCUT2D eigenvalue weighted by molar-refractivity contribution is -0.141. The van der Waals surface area contributed by atoms with E-state index >= 15 is 0 Å². The second-order valence-corrected chi connectivity index (χ2v) is 15.4. The van der Waals surface area contributed by atoms with Crippen molar-refractivity contribution in [3.8, 4) is 0 Å². The van der Waals surface area contributed by atoms with Crippen molar-refractivity contribution in [1.82, 2.24) is 30.5 Å². The van der Waals surface area contributed by atoms with Gasteiger partial charge in [-0.15, -0.1) is 6.58 Å². The van der Waals surface area contributed by atoms with E-state index < -0.39 is 80.3 Å². The van der Waals surface area contributed by atoms with Crippen LogP contribution >= 0.6 is 0 Å². The van der Waals surface area contributed by atoms with Gasteiger partial charge in [0, 0.05) is 25.1 Å². The molecule has 0 unspecified atom stereocenters. The summed E-state index contributed by atoms with van der Waals surface area (Å²) in [4.78, 5) is 69.6. The highest BCUT2D eigenvalue weighted by molar-refractivity contribution is 7.91. The van der Waals surface area contributed by atoms with E-state index in [1.807, 2.05) is 4.72 Å². The van der Waals surface area contributed by atoms with Crippen molar-refractivity contribution in [2.24, 2.45) is 0 Å². The van der Waals surface area contributed by atoms with Crippen LogP contribution in [0, 0.1) is 5.82 Å². The summed E-state index contributed by atoms with van der Waals surface area (Å²) in [6.45, 7) is 9.94. The number of carbonyl (C=O) groups excluding carboxylic acids is 5. The molecule has 2 heterocycles. The molecule has 2 fully saturated rings. The number of benzene rings is 1. The van der Waals surface area contributed by atoms with Crippen LogP contribution in [0.15, 0.2) is 30.9 Å². The maximum absolute atomic E-state index is 14.3. The van der Waals surface area contributed by atoms with Crippen LogP contribution < -0.4 is 20.7 Å². The van der Waals surface area contributed by atoms with Gasteiger partial charge in [0.1, 0.15) is 35.1 Å². The predicted molar refractivity (Wildman–Crippen MR) is 175 cm³/mol. The molecule has 15 nitrogen and oxygen atoms in total. The van der Waals surface area contributed by atoms with Crippen LogP contribution in [0.4, 0.5) is 14.0 Å². The molecule has 5 amide bonds. The first-order valence-electron chi connectivity index (χ1n) is 16.1. The van der Waals surface area contributed by atoms with E-state index in [1.54, 1.807) is 46.9 Å². The van der Waals surface area contributed by atoms with Crippen molar-refractivity contribution in [2.75, 3.05) is 20.1 Å². The predicted octanol–water partition coefficient (Wildman–Crippen LogP) is 1.42. The molecule has 0 radical (unpaired) electrons. The molecule has 4 rings (SSSR count). The summed E-state index contributed by atoms with van der Waals surface area (Å²) in [5.41, 5.74) is -1.74. The standard InChI is InChI=1S/C32H45FN6O9S/c1-7-32(8-2,28(42)37-49(45,46)21-12-13-21)36-26(40)25-14-20(47-30(44)38-16-19-10-9-11-23(33)22(19)18-38)17-39(25)27(41)24(15-34-6)35-29(43)48-31(3,4)5/h7,9-11,20-21,24-25,34H,1,8,12-18H2,2-6H3,(H,35,43)(H,36,40)(H,37,42)/t20-,24+,25+,32+/m1/s1. The van der Waals surface area contributed by atoms with E-state index in [0.29, 0.717) is 24.0 Å². The second kappa shape index (κ2) is 14.7. The molecule has 4 atom stereocenters.